The zero-order valence-corrected chi connectivity index (χ0v) is 18.1. The van der Waals surface area contributed by atoms with Crippen molar-refractivity contribution in [1.82, 2.24) is 14.8 Å². The van der Waals surface area contributed by atoms with Gasteiger partial charge in [0, 0.05) is 44.1 Å². The van der Waals surface area contributed by atoms with Gasteiger partial charge in [-0.05, 0) is 42.3 Å². The van der Waals surface area contributed by atoms with Gasteiger partial charge in [0.2, 0.25) is 6.79 Å². The Kier molecular flexibility index (Phi) is 5.97. The van der Waals surface area contributed by atoms with Crippen LogP contribution in [0, 0.1) is 0 Å². The number of amides is 1. The van der Waals surface area contributed by atoms with Crippen molar-refractivity contribution in [3.05, 3.63) is 59.4 Å². The molecule has 5 rings (SSSR count). The first-order valence-electron chi connectivity index (χ1n) is 11.0. The van der Waals surface area contributed by atoms with Crippen LogP contribution in [-0.2, 0) is 14.3 Å². The highest BCUT2D eigenvalue weighted by Crippen LogP contribution is 2.41. The van der Waals surface area contributed by atoms with Gasteiger partial charge < -0.3 is 24.2 Å². The van der Waals surface area contributed by atoms with E-state index in [2.05, 4.69) is 9.88 Å². The van der Waals surface area contributed by atoms with Gasteiger partial charge >= 0.3 is 0 Å². The lowest BCUT2D eigenvalue weighted by atomic mass is 9.96. The Morgan fingerprint density at radius 3 is 2.58 bits per heavy atom. The van der Waals surface area contributed by atoms with Crippen molar-refractivity contribution < 1.29 is 28.9 Å². The molecule has 1 N–H and O–H groups in total. The molecule has 0 spiro atoms. The first-order chi connectivity index (χ1) is 16.1. The molecule has 0 radical (unpaired) electrons. The third kappa shape index (κ3) is 4.17. The fourth-order valence-electron chi connectivity index (χ4n) is 4.49. The first kappa shape index (κ1) is 21.4. The van der Waals surface area contributed by atoms with Gasteiger partial charge in [-0.2, -0.15) is 0 Å². The van der Waals surface area contributed by atoms with Gasteiger partial charge in [0.25, 0.3) is 11.7 Å². The largest absolute Gasteiger partial charge is 0.507 e. The fraction of sp³-hybridized carbons (Fsp3) is 0.375. The Balaban J connectivity index is 1.46. The second-order valence-electron chi connectivity index (χ2n) is 8.15. The molecule has 0 bridgehead atoms. The molecule has 33 heavy (non-hydrogen) atoms. The van der Waals surface area contributed by atoms with E-state index in [9.17, 15) is 14.7 Å². The van der Waals surface area contributed by atoms with E-state index < -0.39 is 17.7 Å². The van der Waals surface area contributed by atoms with Crippen molar-refractivity contribution in [3.8, 4) is 11.5 Å². The van der Waals surface area contributed by atoms with Crippen LogP contribution < -0.4 is 9.47 Å². The van der Waals surface area contributed by atoms with Crippen LogP contribution in [0.5, 0.6) is 11.5 Å². The maximum absolute atomic E-state index is 13.1. The molecule has 1 aromatic carbocycles. The van der Waals surface area contributed by atoms with Gasteiger partial charge in [0.05, 0.1) is 24.8 Å². The zero-order chi connectivity index (χ0) is 22.8. The maximum Gasteiger partial charge on any atom is 0.295 e. The minimum atomic E-state index is -0.696. The van der Waals surface area contributed by atoms with Crippen molar-refractivity contribution in [2.75, 3.05) is 46.2 Å². The summed E-state index contributed by atoms with van der Waals surface area (Å²) in [7, 11) is 0. The molecule has 9 nitrogen and oxygen atoms in total. The quantitative estimate of drug-likeness (QED) is 0.404. The number of morpholine rings is 1. The molecule has 2 aromatic rings. The summed E-state index contributed by atoms with van der Waals surface area (Å²) in [4.78, 5) is 34.0. The number of likely N-dealkylation sites (tertiary alicyclic amines) is 1. The summed E-state index contributed by atoms with van der Waals surface area (Å²) >= 11 is 0. The van der Waals surface area contributed by atoms with Crippen molar-refractivity contribution in [1.29, 1.82) is 0 Å². The van der Waals surface area contributed by atoms with Crippen molar-refractivity contribution in [3.63, 3.8) is 0 Å². The number of benzene rings is 1. The normalized spacial score (nSPS) is 22.2. The molecule has 0 aliphatic carbocycles. The number of aromatic nitrogens is 1. The number of aliphatic hydroxyl groups excluding tert-OH is 1. The number of ether oxygens (including phenoxy) is 3. The summed E-state index contributed by atoms with van der Waals surface area (Å²) in [5, 5.41) is 11.2. The number of pyridine rings is 1. The molecule has 4 heterocycles. The summed E-state index contributed by atoms with van der Waals surface area (Å²) in [6.45, 7) is 4.43. The summed E-state index contributed by atoms with van der Waals surface area (Å²) in [6, 6.07) is 7.78. The van der Waals surface area contributed by atoms with E-state index in [-0.39, 0.29) is 18.1 Å². The first-order valence-corrected chi connectivity index (χ1v) is 11.0. The van der Waals surface area contributed by atoms with Crippen LogP contribution >= 0.6 is 0 Å². The van der Waals surface area contributed by atoms with Crippen LogP contribution in [0.25, 0.3) is 5.76 Å². The van der Waals surface area contributed by atoms with E-state index in [1.807, 2.05) is 0 Å². The molecular formula is C24H25N3O6. The molecule has 1 atom stereocenters. The molecule has 1 unspecified atom stereocenters. The highest BCUT2D eigenvalue weighted by molar-refractivity contribution is 6.46. The smallest absolute Gasteiger partial charge is 0.295 e. The second kappa shape index (κ2) is 9.21. The SMILES string of the molecule is O=C1C(=O)N(CCCN2CCOCC2)C(c2ccncc2)C1=C(O)c1ccc2c(c1)OCO2. The van der Waals surface area contributed by atoms with Crippen molar-refractivity contribution in [2.45, 2.75) is 12.5 Å². The van der Waals surface area contributed by atoms with Crippen molar-refractivity contribution in [2.24, 2.45) is 0 Å². The van der Waals surface area contributed by atoms with Gasteiger partial charge in [-0.3, -0.25) is 19.5 Å². The molecule has 3 aliphatic rings. The van der Waals surface area contributed by atoms with E-state index in [4.69, 9.17) is 14.2 Å². The molecule has 3 aliphatic heterocycles. The Hall–Kier alpha value is -3.43. The number of rotatable bonds is 6. The number of ketones is 1. The van der Waals surface area contributed by atoms with Gasteiger partial charge in [-0.15, -0.1) is 0 Å². The van der Waals surface area contributed by atoms with Gasteiger partial charge in [0.1, 0.15) is 5.76 Å². The van der Waals surface area contributed by atoms with Crippen LogP contribution in [0.1, 0.15) is 23.6 Å². The van der Waals surface area contributed by atoms with E-state index in [1.54, 1.807) is 47.6 Å². The predicted octanol–water partition coefficient (Wildman–Crippen LogP) is 1.95. The van der Waals surface area contributed by atoms with E-state index in [1.165, 1.54) is 0 Å². The Labute approximate surface area is 191 Å². The number of carbonyl (C=O) groups is 2. The molecule has 2 saturated heterocycles. The van der Waals surface area contributed by atoms with Crippen molar-refractivity contribution >= 4 is 17.4 Å². The predicted molar refractivity (Wildman–Crippen MR) is 118 cm³/mol. The van der Waals surface area contributed by atoms with Crippen LogP contribution in [0.2, 0.25) is 0 Å². The molecule has 172 valence electrons. The topological polar surface area (TPSA) is 101 Å². The van der Waals surface area contributed by atoms with Gasteiger partial charge in [-0.25, -0.2) is 0 Å². The second-order valence-corrected chi connectivity index (χ2v) is 8.15. The van der Waals surface area contributed by atoms with Crippen LogP contribution in [-0.4, -0.2) is 77.8 Å². The number of Topliss-reactive ketones (excluding diaryl/α,β-unsaturated/α-hetero) is 1. The average molecular weight is 451 g/mol. The molecule has 0 saturated carbocycles. The minimum absolute atomic E-state index is 0.0661. The number of nitrogens with zero attached hydrogens (tertiary/aromatic N) is 3. The van der Waals surface area contributed by atoms with Gasteiger partial charge in [-0.1, -0.05) is 0 Å². The number of hydrogen-bond acceptors (Lipinski definition) is 8. The third-order valence-electron chi connectivity index (χ3n) is 6.18. The fourth-order valence-corrected chi connectivity index (χ4v) is 4.49. The van der Waals surface area contributed by atoms with E-state index in [0.717, 1.165) is 25.2 Å². The van der Waals surface area contributed by atoms with Crippen LogP contribution in [0.3, 0.4) is 0 Å². The molecular weight excluding hydrogens is 426 g/mol. The van der Waals surface area contributed by atoms with Crippen LogP contribution in [0.4, 0.5) is 0 Å². The van der Waals surface area contributed by atoms with E-state index >= 15 is 0 Å². The Morgan fingerprint density at radius 1 is 1.03 bits per heavy atom. The lowest BCUT2D eigenvalue weighted by molar-refractivity contribution is -0.140. The number of carbonyl (C=O) groups excluding carboxylic acids is 2. The monoisotopic (exact) mass is 451 g/mol. The number of hydrogen-bond donors (Lipinski definition) is 1. The Bertz CT molecular complexity index is 1080. The summed E-state index contributed by atoms with van der Waals surface area (Å²) in [6.07, 6.45) is 3.94. The molecule has 2 fully saturated rings. The number of fused-ring (bicyclic) bond motifs is 1. The zero-order valence-electron chi connectivity index (χ0n) is 18.1. The van der Waals surface area contributed by atoms with E-state index in [0.29, 0.717) is 43.2 Å². The minimum Gasteiger partial charge on any atom is -0.507 e. The number of aliphatic hydroxyl groups is 1. The average Bonchev–Trinajstić information content (AvgIpc) is 3.42. The standard InChI is InChI=1S/C24H25N3O6/c28-22(17-2-3-18-19(14-17)33-15-32-18)20-21(16-4-6-25-7-5-16)27(24(30)23(20)29)9-1-8-26-10-12-31-13-11-26/h2-7,14,21,28H,1,8-13,15H2. The molecule has 1 amide bonds. The Morgan fingerprint density at radius 2 is 1.79 bits per heavy atom. The summed E-state index contributed by atoms with van der Waals surface area (Å²) in [5.41, 5.74) is 1.18. The van der Waals surface area contributed by atoms with Gasteiger partial charge in [0.15, 0.2) is 11.5 Å². The molecule has 1 aromatic heterocycles. The summed E-state index contributed by atoms with van der Waals surface area (Å²) in [5.74, 6) is -0.483. The lowest BCUT2D eigenvalue weighted by Crippen LogP contribution is -2.38. The summed E-state index contributed by atoms with van der Waals surface area (Å²) < 4.78 is 16.1. The maximum atomic E-state index is 13.1. The van der Waals surface area contributed by atoms with Crippen LogP contribution in [0.15, 0.2) is 48.3 Å². The molecule has 9 heteroatoms. The highest BCUT2D eigenvalue weighted by atomic mass is 16.7. The lowest BCUT2D eigenvalue weighted by Gasteiger charge is -2.29. The highest BCUT2D eigenvalue weighted by Gasteiger charge is 2.45. The third-order valence-corrected chi connectivity index (χ3v) is 6.18.